The van der Waals surface area contributed by atoms with Crippen molar-refractivity contribution in [1.29, 1.82) is 0 Å². The summed E-state index contributed by atoms with van der Waals surface area (Å²) in [6, 6.07) is 16.6. The summed E-state index contributed by atoms with van der Waals surface area (Å²) < 4.78 is 13.4. The maximum atomic E-state index is 13.4. The molecule has 3 aromatic rings. The van der Waals surface area contributed by atoms with Crippen molar-refractivity contribution in [3.05, 3.63) is 77.6 Å². The summed E-state index contributed by atoms with van der Waals surface area (Å²) in [7, 11) is 0. The van der Waals surface area contributed by atoms with Gasteiger partial charge in [-0.2, -0.15) is 5.10 Å². The number of nitrogens with one attached hydrogen (secondary N) is 1. The SMILES string of the molecule is O=C(NN=Cc1ccccc1F)c1cc2ccccc2cc1O. The fourth-order valence-electron chi connectivity index (χ4n) is 2.21. The lowest BCUT2D eigenvalue weighted by atomic mass is 10.1. The average molecular weight is 308 g/mol. The first-order valence-electron chi connectivity index (χ1n) is 6.95. The van der Waals surface area contributed by atoms with Gasteiger partial charge in [0.2, 0.25) is 0 Å². The summed E-state index contributed by atoms with van der Waals surface area (Å²) in [5, 5.41) is 15.3. The molecule has 0 radical (unpaired) electrons. The van der Waals surface area contributed by atoms with Gasteiger partial charge in [0.25, 0.3) is 5.91 Å². The summed E-state index contributed by atoms with van der Waals surface area (Å²) in [4.78, 5) is 12.1. The molecule has 4 nitrogen and oxygen atoms in total. The van der Waals surface area contributed by atoms with E-state index in [1.807, 2.05) is 24.3 Å². The van der Waals surface area contributed by atoms with Crippen LogP contribution < -0.4 is 5.43 Å². The van der Waals surface area contributed by atoms with Crippen LogP contribution in [0.15, 0.2) is 65.8 Å². The molecule has 0 unspecified atom stereocenters. The number of nitrogens with zero attached hydrogens (tertiary/aromatic N) is 1. The number of amides is 1. The lowest BCUT2D eigenvalue weighted by molar-refractivity contribution is 0.0952. The van der Waals surface area contributed by atoms with Gasteiger partial charge in [0, 0.05) is 5.56 Å². The van der Waals surface area contributed by atoms with Crippen LogP contribution in [0.5, 0.6) is 5.75 Å². The molecule has 0 aliphatic heterocycles. The minimum absolute atomic E-state index is 0.106. The van der Waals surface area contributed by atoms with Crippen LogP contribution in [-0.2, 0) is 0 Å². The molecule has 23 heavy (non-hydrogen) atoms. The quantitative estimate of drug-likeness (QED) is 0.575. The summed E-state index contributed by atoms with van der Waals surface area (Å²) in [5.41, 5.74) is 2.65. The molecule has 0 aliphatic rings. The van der Waals surface area contributed by atoms with E-state index in [1.54, 1.807) is 24.3 Å². The number of carbonyl (C=O) groups is 1. The van der Waals surface area contributed by atoms with Gasteiger partial charge < -0.3 is 5.11 Å². The topological polar surface area (TPSA) is 61.7 Å². The van der Waals surface area contributed by atoms with E-state index in [1.165, 1.54) is 18.3 Å². The molecular weight excluding hydrogens is 295 g/mol. The second-order valence-electron chi connectivity index (χ2n) is 4.94. The van der Waals surface area contributed by atoms with Crippen molar-refractivity contribution in [2.24, 2.45) is 5.10 Å². The number of hydrogen-bond donors (Lipinski definition) is 2. The van der Waals surface area contributed by atoms with Crippen LogP contribution in [0.25, 0.3) is 10.8 Å². The van der Waals surface area contributed by atoms with Crippen LogP contribution in [0, 0.1) is 5.82 Å². The number of rotatable bonds is 3. The van der Waals surface area contributed by atoms with Crippen molar-refractivity contribution in [1.82, 2.24) is 5.43 Å². The van der Waals surface area contributed by atoms with Gasteiger partial charge in [0.05, 0.1) is 11.8 Å². The van der Waals surface area contributed by atoms with E-state index < -0.39 is 11.7 Å². The Balaban J connectivity index is 1.81. The highest BCUT2D eigenvalue weighted by atomic mass is 19.1. The number of phenolic OH excluding ortho intramolecular Hbond substituents is 1. The Morgan fingerprint density at radius 1 is 1.04 bits per heavy atom. The van der Waals surface area contributed by atoms with Gasteiger partial charge in [-0.1, -0.05) is 42.5 Å². The van der Waals surface area contributed by atoms with Gasteiger partial charge in [-0.05, 0) is 29.0 Å². The number of hydrazone groups is 1. The van der Waals surface area contributed by atoms with Crippen molar-refractivity contribution < 1.29 is 14.3 Å². The molecule has 3 rings (SSSR count). The first-order valence-corrected chi connectivity index (χ1v) is 6.95. The van der Waals surface area contributed by atoms with Crippen LogP contribution in [0.3, 0.4) is 0 Å². The van der Waals surface area contributed by atoms with Crippen molar-refractivity contribution in [3.63, 3.8) is 0 Å². The van der Waals surface area contributed by atoms with Crippen molar-refractivity contribution >= 4 is 22.9 Å². The molecule has 3 aromatic carbocycles. The fourth-order valence-corrected chi connectivity index (χ4v) is 2.21. The second-order valence-corrected chi connectivity index (χ2v) is 4.94. The third-order valence-corrected chi connectivity index (χ3v) is 3.38. The van der Waals surface area contributed by atoms with E-state index in [0.29, 0.717) is 0 Å². The molecule has 0 spiro atoms. The van der Waals surface area contributed by atoms with Gasteiger partial charge in [-0.15, -0.1) is 0 Å². The Kier molecular flexibility index (Phi) is 4.01. The first kappa shape index (κ1) is 14.7. The molecule has 114 valence electrons. The van der Waals surface area contributed by atoms with Gasteiger partial charge in [-0.3, -0.25) is 4.79 Å². The maximum absolute atomic E-state index is 13.4. The monoisotopic (exact) mass is 308 g/mol. The highest BCUT2D eigenvalue weighted by Crippen LogP contribution is 2.24. The maximum Gasteiger partial charge on any atom is 0.275 e. The van der Waals surface area contributed by atoms with E-state index >= 15 is 0 Å². The van der Waals surface area contributed by atoms with E-state index in [-0.39, 0.29) is 16.9 Å². The Hall–Kier alpha value is -3.21. The first-order chi connectivity index (χ1) is 11.1. The van der Waals surface area contributed by atoms with Gasteiger partial charge in [0.1, 0.15) is 11.6 Å². The Labute approximate surface area is 131 Å². The zero-order valence-electron chi connectivity index (χ0n) is 12.0. The summed E-state index contributed by atoms with van der Waals surface area (Å²) in [5.74, 6) is -1.14. The molecule has 0 heterocycles. The van der Waals surface area contributed by atoms with Crippen molar-refractivity contribution in [2.75, 3.05) is 0 Å². The highest BCUT2D eigenvalue weighted by Gasteiger charge is 2.11. The normalized spacial score (nSPS) is 11.0. The molecule has 0 fully saturated rings. The minimum atomic E-state index is -0.569. The fraction of sp³-hybridized carbons (Fsp3) is 0. The average Bonchev–Trinajstić information content (AvgIpc) is 2.56. The highest BCUT2D eigenvalue weighted by molar-refractivity contribution is 6.01. The van der Waals surface area contributed by atoms with Crippen LogP contribution in [-0.4, -0.2) is 17.2 Å². The number of carbonyl (C=O) groups excluding carboxylic acids is 1. The van der Waals surface area contributed by atoms with E-state index in [9.17, 15) is 14.3 Å². The predicted octanol–water partition coefficient (Wildman–Crippen LogP) is 3.45. The Morgan fingerprint density at radius 3 is 2.43 bits per heavy atom. The van der Waals surface area contributed by atoms with Crippen LogP contribution in [0.4, 0.5) is 4.39 Å². The summed E-state index contributed by atoms with van der Waals surface area (Å²) in [6.45, 7) is 0. The van der Waals surface area contributed by atoms with Gasteiger partial charge in [-0.25, -0.2) is 9.82 Å². The zero-order valence-corrected chi connectivity index (χ0v) is 12.0. The van der Waals surface area contributed by atoms with Crippen LogP contribution in [0.1, 0.15) is 15.9 Å². The standard InChI is InChI=1S/C18H13FN2O2/c19-16-8-4-3-7-14(16)11-20-21-18(23)15-9-12-5-1-2-6-13(12)10-17(15)22/h1-11,22H,(H,21,23). The van der Waals surface area contributed by atoms with E-state index in [4.69, 9.17) is 0 Å². The number of phenols is 1. The Morgan fingerprint density at radius 2 is 1.70 bits per heavy atom. The molecule has 0 aromatic heterocycles. The molecule has 5 heteroatoms. The largest absolute Gasteiger partial charge is 0.507 e. The number of halogens is 1. The molecule has 0 bridgehead atoms. The molecule has 1 amide bonds. The van der Waals surface area contributed by atoms with Crippen molar-refractivity contribution in [2.45, 2.75) is 0 Å². The minimum Gasteiger partial charge on any atom is -0.507 e. The number of benzene rings is 3. The molecule has 0 aliphatic carbocycles. The third kappa shape index (κ3) is 3.18. The van der Waals surface area contributed by atoms with Gasteiger partial charge in [0.15, 0.2) is 0 Å². The third-order valence-electron chi connectivity index (χ3n) is 3.38. The van der Waals surface area contributed by atoms with E-state index in [2.05, 4.69) is 10.5 Å². The van der Waals surface area contributed by atoms with Crippen LogP contribution in [0.2, 0.25) is 0 Å². The lowest BCUT2D eigenvalue weighted by Crippen LogP contribution is -2.17. The van der Waals surface area contributed by atoms with Crippen LogP contribution >= 0.6 is 0 Å². The number of aromatic hydroxyl groups is 1. The summed E-state index contributed by atoms with van der Waals surface area (Å²) >= 11 is 0. The molecule has 2 N–H and O–H groups in total. The number of fused-ring (bicyclic) bond motifs is 1. The Bertz CT molecular complexity index is 906. The molecule has 0 saturated carbocycles. The molecular formula is C18H13FN2O2. The van der Waals surface area contributed by atoms with Gasteiger partial charge >= 0.3 is 0 Å². The summed E-state index contributed by atoms with van der Waals surface area (Å²) in [6.07, 6.45) is 1.21. The lowest BCUT2D eigenvalue weighted by Gasteiger charge is -2.05. The smallest absolute Gasteiger partial charge is 0.275 e. The molecule has 0 saturated heterocycles. The zero-order chi connectivity index (χ0) is 16.2. The molecule has 0 atom stereocenters. The van der Waals surface area contributed by atoms with E-state index in [0.717, 1.165) is 10.8 Å². The predicted molar refractivity (Wildman–Crippen MR) is 87.1 cm³/mol. The number of hydrogen-bond acceptors (Lipinski definition) is 3. The van der Waals surface area contributed by atoms with Crippen molar-refractivity contribution in [3.8, 4) is 5.75 Å². The second kappa shape index (κ2) is 6.27.